The van der Waals surface area contributed by atoms with Crippen LogP contribution in [0.5, 0.6) is 5.75 Å². The number of benzene rings is 2. The molecule has 1 N–H and O–H groups in total. The van der Waals surface area contributed by atoms with Crippen molar-refractivity contribution in [1.29, 1.82) is 0 Å². The molecule has 28 heavy (non-hydrogen) atoms. The number of phenolic OH excluding ortho intramolecular Hbond substituents is 1. The van der Waals surface area contributed by atoms with Gasteiger partial charge in [0.1, 0.15) is 16.7 Å². The Balaban J connectivity index is 1.72. The van der Waals surface area contributed by atoms with Crippen LogP contribution in [0.1, 0.15) is 25.7 Å². The third kappa shape index (κ3) is 2.65. The van der Waals surface area contributed by atoms with Crippen LogP contribution in [0.3, 0.4) is 0 Å². The summed E-state index contributed by atoms with van der Waals surface area (Å²) in [7, 11) is 0.722. The largest absolute Gasteiger partial charge is 0.507 e. The SMILES string of the molecule is CSc1cc2c(cc1O)S(=O)N(C)C1(CC3CCC1C3)CN2c1ccccc1. The normalized spacial score (nSPS) is 31.9. The lowest BCUT2D eigenvalue weighted by Crippen LogP contribution is -2.55. The first kappa shape index (κ1) is 18.5. The molecule has 2 aromatic carbocycles. The highest BCUT2D eigenvalue weighted by atomic mass is 32.2. The van der Waals surface area contributed by atoms with Crippen molar-refractivity contribution in [3.8, 4) is 5.75 Å². The Morgan fingerprint density at radius 2 is 2.00 bits per heavy atom. The van der Waals surface area contributed by atoms with Gasteiger partial charge in [-0.15, -0.1) is 11.8 Å². The minimum atomic E-state index is -1.30. The molecule has 2 aromatic rings. The molecule has 2 saturated carbocycles. The monoisotopic (exact) mass is 414 g/mol. The van der Waals surface area contributed by atoms with Crippen LogP contribution in [-0.2, 0) is 11.0 Å². The molecule has 4 unspecified atom stereocenters. The van der Waals surface area contributed by atoms with Gasteiger partial charge in [-0.1, -0.05) is 24.6 Å². The number of rotatable bonds is 2. The van der Waals surface area contributed by atoms with Crippen LogP contribution in [0, 0.1) is 11.8 Å². The number of thioether (sulfide) groups is 1. The van der Waals surface area contributed by atoms with Crippen LogP contribution < -0.4 is 4.90 Å². The molecule has 6 heteroatoms. The zero-order chi connectivity index (χ0) is 19.5. The molecule has 4 nitrogen and oxygen atoms in total. The van der Waals surface area contributed by atoms with E-state index < -0.39 is 11.0 Å². The Kier molecular flexibility index (Phi) is 4.49. The summed E-state index contributed by atoms with van der Waals surface area (Å²) in [6.07, 6.45) is 6.86. The first-order chi connectivity index (χ1) is 13.5. The molecule has 0 saturated heterocycles. The second kappa shape index (κ2) is 6.78. The van der Waals surface area contributed by atoms with Gasteiger partial charge in [-0.3, -0.25) is 0 Å². The number of aromatic hydroxyl groups is 1. The highest BCUT2D eigenvalue weighted by Gasteiger charge is 2.56. The summed E-state index contributed by atoms with van der Waals surface area (Å²) in [6, 6.07) is 14.1. The average Bonchev–Trinajstić information content (AvgIpc) is 3.31. The van der Waals surface area contributed by atoms with Crippen molar-refractivity contribution >= 4 is 34.1 Å². The van der Waals surface area contributed by atoms with E-state index in [4.69, 9.17) is 0 Å². The predicted octanol–water partition coefficient (Wildman–Crippen LogP) is 4.78. The Morgan fingerprint density at radius 3 is 2.64 bits per heavy atom. The molecule has 1 aliphatic heterocycles. The molecular weight excluding hydrogens is 388 g/mol. The van der Waals surface area contributed by atoms with E-state index in [9.17, 15) is 9.32 Å². The average molecular weight is 415 g/mol. The van der Waals surface area contributed by atoms with Gasteiger partial charge in [0.15, 0.2) is 0 Å². The summed E-state index contributed by atoms with van der Waals surface area (Å²) in [5.41, 5.74) is 1.99. The van der Waals surface area contributed by atoms with E-state index in [1.54, 1.807) is 6.07 Å². The third-order valence-corrected chi connectivity index (χ3v) is 9.39. The predicted molar refractivity (Wildman–Crippen MR) is 116 cm³/mol. The topological polar surface area (TPSA) is 43.8 Å². The van der Waals surface area contributed by atoms with Crippen molar-refractivity contribution in [2.45, 2.75) is 41.0 Å². The minimum Gasteiger partial charge on any atom is -0.507 e. The van der Waals surface area contributed by atoms with Crippen molar-refractivity contribution in [2.24, 2.45) is 11.8 Å². The van der Waals surface area contributed by atoms with Crippen LogP contribution in [0.4, 0.5) is 11.4 Å². The lowest BCUT2D eigenvalue weighted by atomic mass is 9.80. The Hall–Kier alpha value is -1.50. The molecule has 1 heterocycles. The van der Waals surface area contributed by atoms with Gasteiger partial charge in [-0.2, -0.15) is 0 Å². The number of hydrogen-bond acceptors (Lipinski definition) is 4. The van der Waals surface area contributed by atoms with E-state index >= 15 is 0 Å². The maximum atomic E-state index is 13.7. The molecule has 0 aromatic heterocycles. The molecular formula is C22H26N2O2S2. The summed E-state index contributed by atoms with van der Waals surface area (Å²) in [4.78, 5) is 3.88. The summed E-state index contributed by atoms with van der Waals surface area (Å²) >= 11 is 1.52. The minimum absolute atomic E-state index is 0.0855. The Morgan fingerprint density at radius 1 is 1.21 bits per heavy atom. The van der Waals surface area contributed by atoms with Gasteiger partial charge in [0, 0.05) is 25.3 Å². The third-order valence-electron chi connectivity index (χ3n) is 7.06. The maximum Gasteiger partial charge on any atom is 0.130 e. The van der Waals surface area contributed by atoms with Crippen LogP contribution in [-0.4, -0.2) is 39.0 Å². The number of fused-ring (bicyclic) bond motifs is 4. The van der Waals surface area contributed by atoms with E-state index in [1.165, 1.54) is 31.0 Å². The fourth-order valence-corrected chi connectivity index (χ4v) is 7.62. The van der Waals surface area contributed by atoms with E-state index in [0.717, 1.165) is 35.2 Å². The molecule has 148 valence electrons. The standard InChI is InChI=1S/C22H26N2O2S2/c1-23-22(13-15-8-9-16(22)10-15)14-24(17-6-4-3-5-7-17)18-11-20(27-2)19(25)12-21(18)28(23)26/h3-7,11-12,15-16,25H,8-10,13-14H2,1-2H3. The molecule has 2 aliphatic carbocycles. The number of likely N-dealkylation sites (N-methyl/N-ethyl adjacent to an activating group) is 1. The number of nitrogens with zero attached hydrogens (tertiary/aromatic N) is 2. The molecule has 0 radical (unpaired) electrons. The summed E-state index contributed by atoms with van der Waals surface area (Å²) < 4.78 is 15.8. The lowest BCUT2D eigenvalue weighted by molar-refractivity contribution is 0.146. The van der Waals surface area contributed by atoms with Gasteiger partial charge in [0.05, 0.1) is 21.0 Å². The number of anilines is 2. The Bertz CT molecular complexity index is 936. The van der Waals surface area contributed by atoms with Crippen LogP contribution in [0.2, 0.25) is 0 Å². The van der Waals surface area contributed by atoms with Gasteiger partial charge in [0.25, 0.3) is 0 Å². The van der Waals surface area contributed by atoms with Crippen molar-refractivity contribution in [2.75, 3.05) is 24.7 Å². The quantitative estimate of drug-likeness (QED) is 0.719. The molecule has 4 atom stereocenters. The smallest absolute Gasteiger partial charge is 0.130 e. The summed E-state index contributed by atoms with van der Waals surface area (Å²) in [5.74, 6) is 1.55. The van der Waals surface area contributed by atoms with E-state index in [0.29, 0.717) is 10.8 Å². The first-order valence-corrected chi connectivity index (χ1v) is 12.3. The maximum absolute atomic E-state index is 13.7. The number of phenols is 1. The van der Waals surface area contributed by atoms with Crippen molar-refractivity contribution < 1.29 is 9.32 Å². The molecule has 2 bridgehead atoms. The van der Waals surface area contributed by atoms with Crippen LogP contribution >= 0.6 is 11.8 Å². The number of hydrogen-bond donors (Lipinski definition) is 1. The fraction of sp³-hybridized carbons (Fsp3) is 0.455. The van der Waals surface area contributed by atoms with Crippen molar-refractivity contribution in [1.82, 2.24) is 4.31 Å². The van der Waals surface area contributed by atoms with Gasteiger partial charge in [-0.05, 0) is 55.6 Å². The molecule has 5 rings (SSSR count). The van der Waals surface area contributed by atoms with E-state index in [1.807, 2.05) is 25.4 Å². The van der Waals surface area contributed by atoms with Crippen molar-refractivity contribution in [3.05, 3.63) is 42.5 Å². The second-order valence-electron chi connectivity index (χ2n) is 8.34. The molecule has 3 aliphatic rings. The zero-order valence-electron chi connectivity index (χ0n) is 16.3. The van der Waals surface area contributed by atoms with Gasteiger partial charge >= 0.3 is 0 Å². The van der Waals surface area contributed by atoms with Crippen molar-refractivity contribution in [3.63, 3.8) is 0 Å². The highest BCUT2D eigenvalue weighted by Crippen LogP contribution is 2.56. The summed E-state index contributed by atoms with van der Waals surface area (Å²) in [5, 5.41) is 10.5. The van der Waals surface area contributed by atoms with Gasteiger partial charge in [0.2, 0.25) is 0 Å². The number of para-hydroxylation sites is 1. The highest BCUT2D eigenvalue weighted by molar-refractivity contribution is 7.98. The fourth-order valence-electron chi connectivity index (χ4n) is 5.66. The van der Waals surface area contributed by atoms with Crippen LogP contribution in [0.15, 0.2) is 52.3 Å². The molecule has 2 fully saturated rings. The Labute approximate surface area is 173 Å². The second-order valence-corrected chi connectivity index (χ2v) is 10.7. The molecule has 1 spiro atoms. The first-order valence-electron chi connectivity index (χ1n) is 9.93. The summed E-state index contributed by atoms with van der Waals surface area (Å²) in [6.45, 7) is 0.839. The van der Waals surface area contributed by atoms with E-state index in [-0.39, 0.29) is 11.3 Å². The van der Waals surface area contributed by atoms with Crippen LogP contribution in [0.25, 0.3) is 0 Å². The lowest BCUT2D eigenvalue weighted by Gasteiger charge is -2.45. The zero-order valence-corrected chi connectivity index (χ0v) is 17.9. The molecule has 0 amide bonds. The van der Waals surface area contributed by atoms with Gasteiger partial charge in [-0.25, -0.2) is 8.51 Å². The van der Waals surface area contributed by atoms with E-state index in [2.05, 4.69) is 33.5 Å². The van der Waals surface area contributed by atoms with Gasteiger partial charge < -0.3 is 10.0 Å².